The maximum absolute atomic E-state index is 13.2. The fourth-order valence-corrected chi connectivity index (χ4v) is 5.50. The molecule has 0 aromatic rings. The molecule has 0 amide bonds. The van der Waals surface area contributed by atoms with Crippen LogP contribution in [0.5, 0.6) is 0 Å². The van der Waals surface area contributed by atoms with Crippen molar-refractivity contribution in [3.8, 4) is 0 Å². The first kappa shape index (κ1) is 26.6. The van der Waals surface area contributed by atoms with E-state index in [1.54, 1.807) is 0 Å². The molecule has 0 bridgehead atoms. The molecule has 2 aliphatic carbocycles. The summed E-state index contributed by atoms with van der Waals surface area (Å²) in [5.41, 5.74) is 0.788. The Balaban J connectivity index is 2.11. The number of esters is 1. The van der Waals surface area contributed by atoms with E-state index in [9.17, 15) is 19.8 Å². The molecular weight excluding hydrogens is 408 g/mol. The number of carboxylic acids is 1. The van der Waals surface area contributed by atoms with Gasteiger partial charge in [0.1, 0.15) is 6.10 Å². The SMILES string of the molecule is CCC(CC)(CC)C(=O)O[C@H]1CCC=C2C=C[C@@H](C)[C@H](CC[C@@H](O)C[C@@H](O)CC(=O)O)[C@H]21. The molecule has 0 saturated carbocycles. The Morgan fingerprint density at radius 1 is 1.16 bits per heavy atom. The first-order valence-corrected chi connectivity index (χ1v) is 12.3. The second-order valence-electron chi connectivity index (χ2n) is 9.69. The summed E-state index contributed by atoms with van der Waals surface area (Å²) in [6, 6.07) is 0. The summed E-state index contributed by atoms with van der Waals surface area (Å²) >= 11 is 0. The fourth-order valence-electron chi connectivity index (χ4n) is 5.50. The van der Waals surface area contributed by atoms with Crippen LogP contribution in [0.15, 0.2) is 23.8 Å². The second-order valence-corrected chi connectivity index (χ2v) is 9.69. The van der Waals surface area contributed by atoms with Crippen molar-refractivity contribution < 1.29 is 29.6 Å². The molecule has 2 aliphatic rings. The van der Waals surface area contributed by atoms with E-state index in [-0.39, 0.29) is 42.7 Å². The van der Waals surface area contributed by atoms with Gasteiger partial charge in [-0.15, -0.1) is 0 Å². The molecule has 182 valence electrons. The number of ether oxygens (including phenoxy) is 1. The van der Waals surface area contributed by atoms with Crippen LogP contribution in [0.25, 0.3) is 0 Å². The van der Waals surface area contributed by atoms with Gasteiger partial charge in [0.25, 0.3) is 0 Å². The number of carbonyl (C=O) groups excluding carboxylic acids is 1. The van der Waals surface area contributed by atoms with Crippen LogP contribution in [0, 0.1) is 23.2 Å². The van der Waals surface area contributed by atoms with Gasteiger partial charge in [-0.1, -0.05) is 45.9 Å². The number of aliphatic carboxylic acids is 1. The maximum Gasteiger partial charge on any atom is 0.312 e. The van der Waals surface area contributed by atoms with Crippen LogP contribution >= 0.6 is 0 Å². The Morgan fingerprint density at radius 3 is 2.41 bits per heavy atom. The van der Waals surface area contributed by atoms with Gasteiger partial charge < -0.3 is 20.1 Å². The van der Waals surface area contributed by atoms with Crippen molar-refractivity contribution in [2.24, 2.45) is 23.2 Å². The molecule has 0 unspecified atom stereocenters. The Kier molecular flexibility index (Phi) is 9.96. The van der Waals surface area contributed by atoms with E-state index in [1.807, 2.05) is 0 Å². The molecule has 3 N–H and O–H groups in total. The number of allylic oxidation sites excluding steroid dienone is 3. The summed E-state index contributed by atoms with van der Waals surface area (Å²) < 4.78 is 6.21. The molecule has 0 aromatic carbocycles. The van der Waals surface area contributed by atoms with Gasteiger partial charge in [-0.25, -0.2) is 0 Å². The molecule has 0 heterocycles. The van der Waals surface area contributed by atoms with E-state index in [4.69, 9.17) is 9.84 Å². The molecule has 0 aliphatic heterocycles. The highest BCUT2D eigenvalue weighted by Gasteiger charge is 2.43. The van der Waals surface area contributed by atoms with E-state index < -0.39 is 23.6 Å². The van der Waals surface area contributed by atoms with Crippen LogP contribution in [0.4, 0.5) is 0 Å². The number of aliphatic hydroxyl groups excluding tert-OH is 2. The topological polar surface area (TPSA) is 104 Å². The van der Waals surface area contributed by atoms with E-state index in [2.05, 4.69) is 45.9 Å². The summed E-state index contributed by atoms with van der Waals surface area (Å²) in [5, 5.41) is 29.0. The quantitative estimate of drug-likeness (QED) is 0.374. The summed E-state index contributed by atoms with van der Waals surface area (Å²) in [4.78, 5) is 23.9. The van der Waals surface area contributed by atoms with E-state index >= 15 is 0 Å². The van der Waals surface area contributed by atoms with Crippen LogP contribution in [0.2, 0.25) is 0 Å². The van der Waals surface area contributed by atoms with Crippen molar-refractivity contribution in [2.45, 2.75) is 104 Å². The van der Waals surface area contributed by atoms with Crippen molar-refractivity contribution in [3.05, 3.63) is 23.8 Å². The van der Waals surface area contributed by atoms with Crippen molar-refractivity contribution in [1.29, 1.82) is 0 Å². The van der Waals surface area contributed by atoms with E-state index in [0.717, 1.165) is 38.5 Å². The largest absolute Gasteiger partial charge is 0.481 e. The van der Waals surface area contributed by atoms with Crippen LogP contribution in [-0.4, -0.2) is 45.6 Å². The molecule has 0 fully saturated rings. The van der Waals surface area contributed by atoms with Gasteiger partial charge in [-0.2, -0.15) is 0 Å². The fraction of sp³-hybridized carbons (Fsp3) is 0.769. The molecule has 0 spiro atoms. The smallest absolute Gasteiger partial charge is 0.312 e. The lowest BCUT2D eigenvalue weighted by Crippen LogP contribution is -2.42. The van der Waals surface area contributed by atoms with Gasteiger partial charge in [0, 0.05) is 5.92 Å². The van der Waals surface area contributed by atoms with E-state index in [0.29, 0.717) is 6.42 Å². The van der Waals surface area contributed by atoms with Crippen LogP contribution < -0.4 is 0 Å². The third kappa shape index (κ3) is 6.44. The number of carboxylic acid groups (broad SMARTS) is 1. The number of aliphatic hydroxyl groups is 2. The zero-order valence-electron chi connectivity index (χ0n) is 20.1. The summed E-state index contributed by atoms with van der Waals surface area (Å²) in [6.45, 7) is 8.31. The Morgan fingerprint density at radius 2 is 1.81 bits per heavy atom. The molecule has 0 radical (unpaired) electrons. The third-order valence-electron chi connectivity index (χ3n) is 7.85. The number of rotatable bonds is 12. The van der Waals surface area contributed by atoms with Gasteiger partial charge in [0.05, 0.1) is 24.0 Å². The zero-order valence-corrected chi connectivity index (χ0v) is 20.1. The van der Waals surface area contributed by atoms with Gasteiger partial charge in [-0.05, 0) is 68.8 Å². The Labute approximate surface area is 192 Å². The molecule has 32 heavy (non-hydrogen) atoms. The Bertz CT molecular complexity index is 684. The highest BCUT2D eigenvalue weighted by Crippen LogP contribution is 2.45. The molecule has 0 saturated heterocycles. The Hall–Kier alpha value is -1.66. The number of hydrogen-bond donors (Lipinski definition) is 3. The molecule has 6 heteroatoms. The predicted octanol–water partition coefficient (Wildman–Crippen LogP) is 4.64. The number of fused-ring (bicyclic) bond motifs is 1. The first-order valence-electron chi connectivity index (χ1n) is 12.3. The highest BCUT2D eigenvalue weighted by atomic mass is 16.5. The normalized spacial score (nSPS) is 27.2. The van der Waals surface area contributed by atoms with E-state index in [1.165, 1.54) is 5.57 Å². The van der Waals surface area contributed by atoms with Gasteiger partial charge in [0.15, 0.2) is 0 Å². The number of hydrogen-bond acceptors (Lipinski definition) is 5. The van der Waals surface area contributed by atoms with Crippen LogP contribution in [0.3, 0.4) is 0 Å². The highest BCUT2D eigenvalue weighted by molar-refractivity contribution is 5.77. The molecular formula is C26H42O6. The van der Waals surface area contributed by atoms with Crippen LogP contribution in [-0.2, 0) is 14.3 Å². The molecule has 6 nitrogen and oxygen atoms in total. The van der Waals surface area contributed by atoms with Crippen molar-refractivity contribution in [3.63, 3.8) is 0 Å². The van der Waals surface area contributed by atoms with Gasteiger partial charge >= 0.3 is 11.9 Å². The van der Waals surface area contributed by atoms with Gasteiger partial charge in [0.2, 0.25) is 0 Å². The van der Waals surface area contributed by atoms with Crippen molar-refractivity contribution in [2.75, 3.05) is 0 Å². The third-order valence-corrected chi connectivity index (χ3v) is 7.85. The predicted molar refractivity (Wildman–Crippen MR) is 124 cm³/mol. The lowest BCUT2D eigenvalue weighted by molar-refractivity contribution is -0.167. The maximum atomic E-state index is 13.2. The summed E-state index contributed by atoms with van der Waals surface area (Å²) in [5.74, 6) is -0.559. The standard InChI is InChI=1S/C26H42O6/c1-5-26(6-2,7-3)25(31)32-22-10-8-9-18-12-11-17(4)21(24(18)22)14-13-19(27)15-20(28)16-23(29)30/h9,11-12,17,19-22,24,27-28H,5-8,10,13-16H2,1-4H3,(H,29,30)/t17-,19-,20-,21+,22+,24+/m1/s1. The zero-order chi connectivity index (χ0) is 23.9. The summed E-state index contributed by atoms with van der Waals surface area (Å²) in [6.07, 6.45) is 9.52. The lowest BCUT2D eigenvalue weighted by atomic mass is 9.66. The molecule has 2 rings (SSSR count). The van der Waals surface area contributed by atoms with Gasteiger partial charge in [-0.3, -0.25) is 9.59 Å². The van der Waals surface area contributed by atoms with Crippen LogP contribution in [0.1, 0.15) is 85.5 Å². The average molecular weight is 451 g/mol. The number of carbonyl (C=O) groups is 2. The monoisotopic (exact) mass is 450 g/mol. The second kappa shape index (κ2) is 12.0. The molecule has 6 atom stereocenters. The molecule has 0 aromatic heterocycles. The van der Waals surface area contributed by atoms with Crippen molar-refractivity contribution >= 4 is 11.9 Å². The minimum Gasteiger partial charge on any atom is -0.481 e. The summed E-state index contributed by atoms with van der Waals surface area (Å²) in [7, 11) is 0. The van der Waals surface area contributed by atoms with Crippen molar-refractivity contribution in [1.82, 2.24) is 0 Å². The average Bonchev–Trinajstić information content (AvgIpc) is 2.74. The lowest BCUT2D eigenvalue weighted by Gasteiger charge is -2.43. The minimum absolute atomic E-state index is 0.0566. The minimum atomic E-state index is -1.07. The first-order chi connectivity index (χ1) is 15.2.